The summed E-state index contributed by atoms with van der Waals surface area (Å²) in [6, 6.07) is 27.4. The fraction of sp³-hybridized carbons (Fsp3) is 0.0345. The Bertz CT molecular complexity index is 1960. The molecule has 8 nitrogen and oxygen atoms in total. The standard InChI is InChI=1S/C29H18N4O4/c30-26-23(24(34)18-9-3-1-4-10-18)29(21-16-8-12-17-11-7-15-20(22(17)21)25(29)35)33-28(37)31(27(36)32(26)33)19-13-5-2-6-14-19/h1-16H,30H2. The number of hydrogen-bond acceptors (Lipinski definition) is 5. The van der Waals surface area contributed by atoms with Crippen LogP contribution in [-0.2, 0) is 5.54 Å². The van der Waals surface area contributed by atoms with E-state index in [9.17, 15) is 19.2 Å². The second-order valence-electron chi connectivity index (χ2n) is 9.06. The Morgan fingerprint density at radius 1 is 0.730 bits per heavy atom. The van der Waals surface area contributed by atoms with Gasteiger partial charge < -0.3 is 5.73 Å². The van der Waals surface area contributed by atoms with Gasteiger partial charge in [0.1, 0.15) is 5.82 Å². The van der Waals surface area contributed by atoms with Crippen molar-refractivity contribution in [3.63, 3.8) is 0 Å². The zero-order valence-electron chi connectivity index (χ0n) is 19.3. The van der Waals surface area contributed by atoms with Gasteiger partial charge in [0.25, 0.3) is 0 Å². The van der Waals surface area contributed by atoms with Crippen LogP contribution in [0.4, 0.5) is 0 Å². The first kappa shape index (κ1) is 21.1. The van der Waals surface area contributed by atoms with E-state index in [2.05, 4.69) is 0 Å². The average Bonchev–Trinajstić information content (AvgIpc) is 3.46. The van der Waals surface area contributed by atoms with Gasteiger partial charge >= 0.3 is 11.4 Å². The van der Waals surface area contributed by atoms with Crippen LogP contribution in [0.3, 0.4) is 0 Å². The molecule has 5 aromatic rings. The van der Waals surface area contributed by atoms with E-state index in [4.69, 9.17) is 5.73 Å². The van der Waals surface area contributed by atoms with Crippen molar-refractivity contribution in [2.45, 2.75) is 5.54 Å². The van der Waals surface area contributed by atoms with Gasteiger partial charge in [-0.2, -0.15) is 4.68 Å². The molecule has 7 rings (SSSR count). The summed E-state index contributed by atoms with van der Waals surface area (Å²) in [5, 5.41) is 1.41. The van der Waals surface area contributed by atoms with E-state index in [0.29, 0.717) is 22.2 Å². The highest BCUT2D eigenvalue weighted by Gasteiger charge is 2.61. The van der Waals surface area contributed by atoms with Gasteiger partial charge in [0.2, 0.25) is 5.78 Å². The van der Waals surface area contributed by atoms with Crippen LogP contribution < -0.4 is 17.1 Å². The first-order valence-electron chi connectivity index (χ1n) is 11.7. The maximum atomic E-state index is 14.4. The van der Waals surface area contributed by atoms with Crippen LogP contribution in [0.25, 0.3) is 22.3 Å². The minimum atomic E-state index is -1.93. The number of allylic oxidation sites excluding steroid dienone is 1. The van der Waals surface area contributed by atoms with Crippen LogP contribution in [-0.4, -0.2) is 25.5 Å². The molecule has 0 fully saturated rings. The summed E-state index contributed by atoms with van der Waals surface area (Å²) in [5.41, 5.74) is 4.40. The topological polar surface area (TPSA) is 109 Å². The zero-order chi connectivity index (χ0) is 25.5. The van der Waals surface area contributed by atoms with E-state index >= 15 is 0 Å². The first-order chi connectivity index (χ1) is 18.0. The number of aromatic nitrogens is 3. The maximum Gasteiger partial charge on any atom is 0.358 e. The number of hydrogen-bond donors (Lipinski definition) is 1. The Morgan fingerprint density at radius 3 is 2.08 bits per heavy atom. The van der Waals surface area contributed by atoms with Gasteiger partial charge in [-0.25, -0.2) is 18.8 Å². The van der Waals surface area contributed by atoms with Crippen molar-refractivity contribution in [3.8, 4) is 5.69 Å². The fourth-order valence-electron chi connectivity index (χ4n) is 5.76. The molecule has 2 N–H and O–H groups in total. The number of carbonyl (C=O) groups is 2. The SMILES string of the molecule is NC1=C(C(=O)c2ccccc2)C2(C(=O)c3cccc4cccc2c34)n2c(=O)n(-c3ccccc3)c(=O)n21. The fourth-order valence-corrected chi connectivity index (χ4v) is 5.76. The van der Waals surface area contributed by atoms with Crippen molar-refractivity contribution < 1.29 is 9.59 Å². The highest BCUT2D eigenvalue weighted by molar-refractivity contribution is 6.28. The van der Waals surface area contributed by atoms with E-state index in [1.54, 1.807) is 84.9 Å². The molecule has 1 aliphatic carbocycles. The van der Waals surface area contributed by atoms with Gasteiger partial charge in [-0.1, -0.05) is 84.9 Å². The van der Waals surface area contributed by atoms with Crippen LogP contribution in [0.2, 0.25) is 0 Å². The third-order valence-corrected chi connectivity index (χ3v) is 7.25. The smallest absolute Gasteiger partial charge is 0.358 e. The Hall–Kier alpha value is -5.24. The molecule has 37 heavy (non-hydrogen) atoms. The first-order valence-corrected chi connectivity index (χ1v) is 11.7. The molecule has 1 unspecified atom stereocenters. The lowest BCUT2D eigenvalue weighted by molar-refractivity contribution is 0.0856. The van der Waals surface area contributed by atoms with E-state index in [1.807, 2.05) is 12.1 Å². The third kappa shape index (κ3) is 2.41. The summed E-state index contributed by atoms with van der Waals surface area (Å²) < 4.78 is 2.99. The number of benzene rings is 4. The number of fused-ring (bicyclic) bond motifs is 3. The van der Waals surface area contributed by atoms with Crippen molar-refractivity contribution in [1.82, 2.24) is 13.9 Å². The number of Topliss-reactive ketones (excluding diaryl/α,β-unsaturated/α-hetero) is 2. The molecule has 0 saturated heterocycles. The van der Waals surface area contributed by atoms with E-state index in [-0.39, 0.29) is 17.0 Å². The number of carbonyl (C=O) groups excluding carboxylic acids is 2. The van der Waals surface area contributed by atoms with E-state index < -0.39 is 28.5 Å². The summed E-state index contributed by atoms with van der Waals surface area (Å²) in [5.74, 6) is -1.26. The number of nitrogens with zero attached hydrogens (tertiary/aromatic N) is 3. The molecule has 0 amide bonds. The summed E-state index contributed by atoms with van der Waals surface area (Å²) >= 11 is 0. The van der Waals surface area contributed by atoms with Crippen molar-refractivity contribution in [3.05, 3.63) is 140 Å². The Labute approximate surface area is 209 Å². The molecule has 4 aromatic carbocycles. The molecule has 2 aliphatic rings. The van der Waals surface area contributed by atoms with Gasteiger partial charge in [-0.3, -0.25) is 9.59 Å². The van der Waals surface area contributed by atoms with Crippen molar-refractivity contribution in [1.29, 1.82) is 0 Å². The summed E-state index contributed by atoms with van der Waals surface area (Å²) in [7, 11) is 0. The lowest BCUT2D eigenvalue weighted by atomic mass is 9.79. The van der Waals surface area contributed by atoms with Gasteiger partial charge in [0.15, 0.2) is 11.3 Å². The highest BCUT2D eigenvalue weighted by atomic mass is 16.2. The van der Waals surface area contributed by atoms with Crippen LogP contribution >= 0.6 is 0 Å². The number of para-hydroxylation sites is 1. The molecule has 0 radical (unpaired) electrons. The molecule has 0 saturated carbocycles. The molecule has 1 aromatic heterocycles. The lowest BCUT2D eigenvalue weighted by Crippen LogP contribution is -2.48. The van der Waals surface area contributed by atoms with Crippen LogP contribution in [0.1, 0.15) is 26.3 Å². The maximum absolute atomic E-state index is 14.4. The van der Waals surface area contributed by atoms with E-state index in [0.717, 1.165) is 19.3 Å². The monoisotopic (exact) mass is 486 g/mol. The third-order valence-electron chi connectivity index (χ3n) is 7.25. The van der Waals surface area contributed by atoms with Crippen molar-refractivity contribution in [2.24, 2.45) is 5.73 Å². The van der Waals surface area contributed by atoms with Crippen molar-refractivity contribution >= 4 is 28.2 Å². The Kier molecular flexibility index (Phi) is 4.07. The number of rotatable bonds is 3. The lowest BCUT2D eigenvalue weighted by Gasteiger charge is -2.27. The summed E-state index contributed by atoms with van der Waals surface area (Å²) in [6.45, 7) is 0. The molecule has 2 heterocycles. The summed E-state index contributed by atoms with van der Waals surface area (Å²) in [6.07, 6.45) is 0. The second kappa shape index (κ2) is 7.14. The van der Waals surface area contributed by atoms with Gasteiger partial charge in [-0.05, 0) is 22.9 Å². The number of ketones is 2. The predicted octanol–water partition coefficient (Wildman–Crippen LogP) is 2.92. The molecule has 1 aliphatic heterocycles. The Balaban J connectivity index is 1.66. The second-order valence-corrected chi connectivity index (χ2v) is 9.06. The Morgan fingerprint density at radius 2 is 1.38 bits per heavy atom. The number of nitrogens with two attached hydrogens (primary N) is 1. The largest absolute Gasteiger partial charge is 0.383 e. The molecule has 178 valence electrons. The quantitative estimate of drug-likeness (QED) is 0.395. The van der Waals surface area contributed by atoms with Crippen molar-refractivity contribution in [2.75, 3.05) is 0 Å². The van der Waals surface area contributed by atoms with Crippen LogP contribution in [0.15, 0.2) is 112 Å². The van der Waals surface area contributed by atoms with Gasteiger partial charge in [-0.15, -0.1) is 0 Å². The zero-order valence-corrected chi connectivity index (χ0v) is 19.3. The van der Waals surface area contributed by atoms with Crippen LogP contribution in [0.5, 0.6) is 0 Å². The van der Waals surface area contributed by atoms with Gasteiger partial charge in [0, 0.05) is 16.7 Å². The summed E-state index contributed by atoms with van der Waals surface area (Å²) in [4.78, 5) is 56.3. The predicted molar refractivity (Wildman–Crippen MR) is 138 cm³/mol. The molecule has 8 heteroatoms. The van der Waals surface area contributed by atoms with Gasteiger partial charge in [0.05, 0.1) is 11.3 Å². The normalized spacial score (nSPS) is 17.7. The molecule has 1 atom stereocenters. The molecular formula is C29H18N4O4. The van der Waals surface area contributed by atoms with Crippen LogP contribution in [0, 0.1) is 0 Å². The molecular weight excluding hydrogens is 468 g/mol. The molecule has 1 spiro atoms. The van der Waals surface area contributed by atoms with E-state index in [1.165, 1.54) is 0 Å². The minimum Gasteiger partial charge on any atom is -0.383 e. The average molecular weight is 486 g/mol. The highest BCUT2D eigenvalue weighted by Crippen LogP contribution is 2.51. The molecule has 0 bridgehead atoms. The minimum absolute atomic E-state index is 0.109.